The summed E-state index contributed by atoms with van der Waals surface area (Å²) in [5.41, 5.74) is 1.01. The molecule has 1 heterocycles. The van der Waals surface area contributed by atoms with Gasteiger partial charge in [0.25, 0.3) is 0 Å². The van der Waals surface area contributed by atoms with Crippen LogP contribution in [0.15, 0.2) is 54.6 Å². The van der Waals surface area contributed by atoms with E-state index in [1.165, 1.54) is 20.8 Å². The Morgan fingerprint density at radius 1 is 0.727 bits per heavy atom. The summed E-state index contributed by atoms with van der Waals surface area (Å²) in [5.74, 6) is -1.75. The van der Waals surface area contributed by atoms with Gasteiger partial charge < -0.3 is 23.7 Å². The summed E-state index contributed by atoms with van der Waals surface area (Å²) in [7, 11) is 0. The standard InChI is InChI=1S/C24H24O9/c1-14(25)30-20-13-29-24(23(32-16(3)27)22(20)31-15(2)26)33-19-11-9-18(10-12-19)21(28)17-7-5-4-6-8-17/h4-12,20,22-24H,13H2,1-3H3/t20-,22+,23-,24-/m1/s1. The van der Waals surface area contributed by atoms with Crippen molar-refractivity contribution in [2.24, 2.45) is 0 Å². The maximum absolute atomic E-state index is 12.6. The third kappa shape index (κ3) is 6.39. The van der Waals surface area contributed by atoms with E-state index in [0.29, 0.717) is 16.9 Å². The minimum absolute atomic E-state index is 0.145. The first-order valence-electron chi connectivity index (χ1n) is 10.2. The number of ketones is 1. The molecule has 3 rings (SSSR count). The molecular weight excluding hydrogens is 432 g/mol. The summed E-state index contributed by atoms with van der Waals surface area (Å²) in [5, 5.41) is 0. The quantitative estimate of drug-likeness (QED) is 0.352. The van der Waals surface area contributed by atoms with E-state index in [1.54, 1.807) is 48.5 Å². The molecule has 9 heteroatoms. The number of ether oxygens (including phenoxy) is 5. The van der Waals surface area contributed by atoms with E-state index in [4.69, 9.17) is 23.7 Å². The third-order valence-electron chi connectivity index (χ3n) is 4.71. The van der Waals surface area contributed by atoms with Crippen molar-refractivity contribution in [3.8, 4) is 5.75 Å². The van der Waals surface area contributed by atoms with Crippen LogP contribution in [0, 0.1) is 0 Å². The molecule has 1 saturated heterocycles. The Bertz CT molecular complexity index is 1000. The SMILES string of the molecule is CC(=O)O[C@@H]1[C@@H](OC(C)=O)[C@@H](Oc2ccc(C(=O)c3ccccc3)cc2)OC[C@H]1OC(C)=O. The highest BCUT2D eigenvalue weighted by Crippen LogP contribution is 2.27. The molecule has 1 fully saturated rings. The normalized spacial score (nSPS) is 22.0. The van der Waals surface area contributed by atoms with Crippen LogP contribution in [-0.2, 0) is 33.3 Å². The number of benzene rings is 2. The van der Waals surface area contributed by atoms with Gasteiger partial charge in [-0.15, -0.1) is 0 Å². The fourth-order valence-corrected chi connectivity index (χ4v) is 3.39. The van der Waals surface area contributed by atoms with Crippen molar-refractivity contribution in [2.45, 2.75) is 45.4 Å². The summed E-state index contributed by atoms with van der Waals surface area (Å²) in [6, 6.07) is 15.2. The first-order chi connectivity index (χ1) is 15.7. The van der Waals surface area contributed by atoms with Crippen molar-refractivity contribution in [3.63, 3.8) is 0 Å². The molecule has 0 aliphatic carbocycles. The highest BCUT2D eigenvalue weighted by atomic mass is 16.7. The van der Waals surface area contributed by atoms with Crippen LogP contribution >= 0.6 is 0 Å². The Morgan fingerprint density at radius 3 is 1.85 bits per heavy atom. The molecule has 0 radical (unpaired) electrons. The molecule has 1 aliphatic heterocycles. The van der Waals surface area contributed by atoms with E-state index in [-0.39, 0.29) is 12.4 Å². The maximum Gasteiger partial charge on any atom is 0.303 e. The van der Waals surface area contributed by atoms with Crippen LogP contribution in [0.5, 0.6) is 5.75 Å². The van der Waals surface area contributed by atoms with Gasteiger partial charge in [0, 0.05) is 31.9 Å². The molecule has 0 aromatic heterocycles. The lowest BCUT2D eigenvalue weighted by Crippen LogP contribution is -2.59. The van der Waals surface area contributed by atoms with Gasteiger partial charge in [0.2, 0.25) is 12.4 Å². The lowest BCUT2D eigenvalue weighted by molar-refractivity contribution is -0.259. The molecule has 1 aliphatic rings. The van der Waals surface area contributed by atoms with Crippen molar-refractivity contribution in [2.75, 3.05) is 6.61 Å². The van der Waals surface area contributed by atoms with E-state index >= 15 is 0 Å². The molecule has 0 amide bonds. The minimum atomic E-state index is -1.20. The molecule has 0 spiro atoms. The van der Waals surface area contributed by atoms with Gasteiger partial charge in [0.05, 0.1) is 6.61 Å². The lowest BCUT2D eigenvalue weighted by Gasteiger charge is -2.40. The molecule has 0 unspecified atom stereocenters. The van der Waals surface area contributed by atoms with Crippen LogP contribution in [0.1, 0.15) is 36.7 Å². The van der Waals surface area contributed by atoms with Gasteiger partial charge in [-0.25, -0.2) is 0 Å². The van der Waals surface area contributed by atoms with Crippen molar-refractivity contribution in [1.82, 2.24) is 0 Å². The van der Waals surface area contributed by atoms with Gasteiger partial charge >= 0.3 is 17.9 Å². The second-order valence-electron chi connectivity index (χ2n) is 7.34. The molecule has 0 saturated carbocycles. The molecule has 0 N–H and O–H groups in total. The second kappa shape index (κ2) is 10.7. The van der Waals surface area contributed by atoms with Gasteiger partial charge in [-0.05, 0) is 24.3 Å². The average molecular weight is 456 g/mol. The molecular formula is C24H24O9. The van der Waals surface area contributed by atoms with Crippen LogP contribution in [-0.4, -0.2) is 54.9 Å². The van der Waals surface area contributed by atoms with Crippen molar-refractivity contribution in [1.29, 1.82) is 0 Å². The summed E-state index contributed by atoms with van der Waals surface area (Å²) < 4.78 is 27.2. The largest absolute Gasteiger partial charge is 0.461 e. The fraction of sp³-hybridized carbons (Fsp3) is 0.333. The molecule has 2 aromatic rings. The highest BCUT2D eigenvalue weighted by molar-refractivity contribution is 6.08. The van der Waals surface area contributed by atoms with E-state index in [1.807, 2.05) is 6.07 Å². The first kappa shape index (κ1) is 23.9. The topological polar surface area (TPSA) is 114 Å². The predicted molar refractivity (Wildman–Crippen MR) is 113 cm³/mol. The van der Waals surface area contributed by atoms with Crippen LogP contribution in [0.2, 0.25) is 0 Å². The monoisotopic (exact) mass is 456 g/mol. The second-order valence-corrected chi connectivity index (χ2v) is 7.34. The Morgan fingerprint density at radius 2 is 1.27 bits per heavy atom. The highest BCUT2D eigenvalue weighted by Gasteiger charge is 2.48. The maximum atomic E-state index is 12.6. The fourth-order valence-electron chi connectivity index (χ4n) is 3.39. The molecule has 33 heavy (non-hydrogen) atoms. The van der Waals surface area contributed by atoms with E-state index in [0.717, 1.165) is 0 Å². The Labute approximate surface area is 190 Å². The Hall–Kier alpha value is -3.72. The average Bonchev–Trinajstić information content (AvgIpc) is 2.77. The zero-order valence-electron chi connectivity index (χ0n) is 18.4. The lowest BCUT2D eigenvalue weighted by atomic mass is 10.0. The minimum Gasteiger partial charge on any atom is -0.461 e. The third-order valence-corrected chi connectivity index (χ3v) is 4.71. The van der Waals surface area contributed by atoms with Crippen molar-refractivity contribution < 1.29 is 42.9 Å². The van der Waals surface area contributed by atoms with E-state index < -0.39 is 42.5 Å². The van der Waals surface area contributed by atoms with E-state index in [9.17, 15) is 19.2 Å². The van der Waals surface area contributed by atoms with Crippen molar-refractivity contribution >= 4 is 23.7 Å². The Kier molecular flexibility index (Phi) is 7.78. The summed E-state index contributed by atoms with van der Waals surface area (Å²) in [6.45, 7) is 3.42. The summed E-state index contributed by atoms with van der Waals surface area (Å²) in [6.07, 6.45) is -4.47. The van der Waals surface area contributed by atoms with Crippen LogP contribution in [0.4, 0.5) is 0 Å². The number of rotatable bonds is 7. The number of carbonyl (C=O) groups is 4. The zero-order chi connectivity index (χ0) is 24.0. The van der Waals surface area contributed by atoms with E-state index in [2.05, 4.69) is 0 Å². The number of carbonyl (C=O) groups excluding carboxylic acids is 4. The molecule has 2 aromatic carbocycles. The van der Waals surface area contributed by atoms with Crippen LogP contribution < -0.4 is 4.74 Å². The van der Waals surface area contributed by atoms with Gasteiger partial charge in [-0.2, -0.15) is 0 Å². The van der Waals surface area contributed by atoms with Gasteiger partial charge in [0.1, 0.15) is 5.75 Å². The van der Waals surface area contributed by atoms with Crippen molar-refractivity contribution in [3.05, 3.63) is 65.7 Å². The van der Waals surface area contributed by atoms with Crippen LogP contribution in [0.25, 0.3) is 0 Å². The number of esters is 3. The summed E-state index contributed by atoms with van der Waals surface area (Å²) in [4.78, 5) is 47.4. The molecule has 9 nitrogen and oxygen atoms in total. The number of hydrogen-bond donors (Lipinski definition) is 0. The summed E-state index contributed by atoms with van der Waals surface area (Å²) >= 11 is 0. The first-order valence-corrected chi connectivity index (χ1v) is 10.2. The smallest absolute Gasteiger partial charge is 0.303 e. The molecule has 0 bridgehead atoms. The van der Waals surface area contributed by atoms with Gasteiger partial charge in [0.15, 0.2) is 18.0 Å². The Balaban J connectivity index is 1.79. The van der Waals surface area contributed by atoms with Gasteiger partial charge in [-0.1, -0.05) is 30.3 Å². The predicted octanol–water partition coefficient (Wildman–Crippen LogP) is 2.45. The molecule has 4 atom stereocenters. The zero-order valence-corrected chi connectivity index (χ0v) is 18.4. The van der Waals surface area contributed by atoms with Crippen LogP contribution in [0.3, 0.4) is 0 Å². The number of hydrogen-bond acceptors (Lipinski definition) is 9. The molecule has 174 valence electrons. The van der Waals surface area contributed by atoms with Gasteiger partial charge in [-0.3, -0.25) is 19.2 Å².